The average Bonchev–Trinajstić information content (AvgIpc) is 3.08. The molecule has 0 spiro atoms. The van der Waals surface area contributed by atoms with E-state index in [1.807, 2.05) is 26.1 Å². The second-order valence-corrected chi connectivity index (χ2v) is 11.4. The molecule has 2 aliphatic heterocycles. The highest BCUT2D eigenvalue weighted by molar-refractivity contribution is 6.08. The van der Waals surface area contributed by atoms with Crippen LogP contribution in [-0.2, 0) is 16.1 Å². The lowest BCUT2D eigenvalue weighted by atomic mass is 10.0. The van der Waals surface area contributed by atoms with Crippen LogP contribution in [0.2, 0.25) is 0 Å². The lowest BCUT2D eigenvalue weighted by Gasteiger charge is -2.33. The van der Waals surface area contributed by atoms with Gasteiger partial charge in [0.25, 0.3) is 5.91 Å². The first-order valence-corrected chi connectivity index (χ1v) is 14.9. The molecule has 0 aliphatic carbocycles. The minimum atomic E-state index is -2.20. The molecule has 1 fully saturated rings. The van der Waals surface area contributed by atoms with Crippen LogP contribution in [0.5, 0.6) is 11.5 Å². The summed E-state index contributed by atoms with van der Waals surface area (Å²) in [5.41, 5.74) is 3.74. The number of benzene rings is 2. The summed E-state index contributed by atoms with van der Waals surface area (Å²) >= 11 is 0. The molecular weight excluding hydrogens is 606 g/mol. The Morgan fingerprint density at radius 3 is 2.43 bits per heavy atom. The smallest absolute Gasteiger partial charge is 0.343 e. The minimum absolute atomic E-state index is 0.116. The number of esters is 2. The van der Waals surface area contributed by atoms with E-state index in [-0.39, 0.29) is 17.1 Å². The highest BCUT2D eigenvalue weighted by Crippen LogP contribution is 2.39. The zero-order valence-corrected chi connectivity index (χ0v) is 25.7. The first kappa shape index (κ1) is 31.7. The van der Waals surface area contributed by atoms with Crippen LogP contribution in [0.3, 0.4) is 0 Å². The van der Waals surface area contributed by atoms with E-state index in [2.05, 4.69) is 35.4 Å². The normalized spacial score (nSPS) is 18.7. The van der Waals surface area contributed by atoms with Gasteiger partial charge in [0.05, 0.1) is 11.3 Å². The molecule has 2 aromatic carbocycles. The summed E-state index contributed by atoms with van der Waals surface area (Å²) in [6.07, 6.45) is 0.661. The quantitative estimate of drug-likeness (QED) is 0.171. The van der Waals surface area contributed by atoms with Gasteiger partial charge in [0.1, 0.15) is 0 Å². The molecule has 14 nitrogen and oxygen atoms in total. The SMILES string of the molecule is Cc1ccc(NC(=O)c2ccc(CN3CCN(C)CC3)c3c2OC(=O)C(O)C(O)C(=O)O3)cc1Nc1nccc(-c2cccnc2)n1. The molecule has 4 heterocycles. The van der Waals surface area contributed by atoms with Gasteiger partial charge in [-0.15, -0.1) is 0 Å². The number of carbonyl (C=O) groups excluding carboxylic acids is 3. The molecule has 1 saturated heterocycles. The predicted octanol–water partition coefficient (Wildman–Crippen LogP) is 2.14. The monoisotopic (exact) mass is 639 g/mol. The average molecular weight is 640 g/mol. The number of nitrogens with one attached hydrogen (secondary N) is 2. The third kappa shape index (κ3) is 7.10. The van der Waals surface area contributed by atoms with Gasteiger partial charge in [-0.3, -0.25) is 14.7 Å². The Morgan fingerprint density at radius 2 is 1.70 bits per heavy atom. The molecule has 2 unspecified atom stereocenters. The third-order valence-electron chi connectivity index (χ3n) is 7.97. The molecule has 0 saturated carbocycles. The van der Waals surface area contributed by atoms with Gasteiger partial charge in [0.15, 0.2) is 23.7 Å². The van der Waals surface area contributed by atoms with E-state index in [0.29, 0.717) is 35.1 Å². The third-order valence-corrected chi connectivity index (χ3v) is 7.97. The van der Waals surface area contributed by atoms with Crippen molar-refractivity contribution < 1.29 is 34.1 Å². The number of likely N-dealkylation sites (N-methyl/N-ethyl adjacent to an activating group) is 1. The fourth-order valence-electron chi connectivity index (χ4n) is 5.19. The van der Waals surface area contributed by atoms with E-state index in [1.165, 1.54) is 6.07 Å². The van der Waals surface area contributed by atoms with Crippen molar-refractivity contribution >= 4 is 35.2 Å². The van der Waals surface area contributed by atoms with Gasteiger partial charge in [-0.1, -0.05) is 12.1 Å². The Morgan fingerprint density at radius 1 is 0.957 bits per heavy atom. The van der Waals surface area contributed by atoms with Gasteiger partial charge in [0, 0.05) is 73.8 Å². The van der Waals surface area contributed by atoms with Crippen LogP contribution < -0.4 is 20.1 Å². The number of amides is 1. The number of carbonyl (C=O) groups is 3. The zero-order valence-electron chi connectivity index (χ0n) is 25.7. The first-order chi connectivity index (χ1) is 22.7. The number of aliphatic hydroxyl groups is 2. The van der Waals surface area contributed by atoms with Crippen molar-refractivity contribution in [3.63, 3.8) is 0 Å². The van der Waals surface area contributed by atoms with Crippen LogP contribution in [-0.4, -0.2) is 98.2 Å². The highest BCUT2D eigenvalue weighted by Gasteiger charge is 2.39. The number of aliphatic hydroxyl groups excluding tert-OH is 2. The number of aromatic nitrogens is 3. The second kappa shape index (κ2) is 13.6. The molecular formula is C33H33N7O7. The van der Waals surface area contributed by atoms with E-state index in [1.54, 1.807) is 48.9 Å². The molecule has 0 radical (unpaired) electrons. The summed E-state index contributed by atoms with van der Waals surface area (Å²) in [5.74, 6) is -3.36. The molecule has 47 heavy (non-hydrogen) atoms. The number of pyridine rings is 1. The molecule has 1 amide bonds. The second-order valence-electron chi connectivity index (χ2n) is 11.4. The summed E-state index contributed by atoms with van der Waals surface area (Å²) in [6.45, 7) is 5.36. The first-order valence-electron chi connectivity index (χ1n) is 14.9. The number of aryl methyl sites for hydroxylation is 1. The summed E-state index contributed by atoms with van der Waals surface area (Å²) in [6, 6.07) is 13.8. The van der Waals surface area contributed by atoms with Gasteiger partial charge < -0.3 is 35.2 Å². The molecule has 2 aliphatic rings. The molecule has 242 valence electrons. The van der Waals surface area contributed by atoms with Crippen LogP contribution >= 0.6 is 0 Å². The van der Waals surface area contributed by atoms with Crippen molar-refractivity contribution in [1.82, 2.24) is 24.8 Å². The maximum atomic E-state index is 13.7. The van der Waals surface area contributed by atoms with Crippen LogP contribution in [0.1, 0.15) is 21.5 Å². The topological polar surface area (TPSA) is 179 Å². The van der Waals surface area contributed by atoms with E-state index < -0.39 is 30.1 Å². The van der Waals surface area contributed by atoms with E-state index in [4.69, 9.17) is 9.47 Å². The lowest BCUT2D eigenvalue weighted by Crippen LogP contribution is -2.46. The van der Waals surface area contributed by atoms with Crippen LogP contribution in [0.4, 0.5) is 17.3 Å². The molecule has 0 bridgehead atoms. The fourth-order valence-corrected chi connectivity index (χ4v) is 5.19. The van der Waals surface area contributed by atoms with Crippen LogP contribution in [0, 0.1) is 6.92 Å². The predicted molar refractivity (Wildman–Crippen MR) is 170 cm³/mol. The Hall–Kier alpha value is -5.28. The van der Waals surface area contributed by atoms with E-state index >= 15 is 0 Å². The molecule has 2 aromatic heterocycles. The van der Waals surface area contributed by atoms with Gasteiger partial charge in [-0.2, -0.15) is 0 Å². The number of hydrogen-bond acceptors (Lipinski definition) is 13. The number of nitrogens with zero attached hydrogens (tertiary/aromatic N) is 5. The Bertz CT molecular complexity index is 1810. The largest absolute Gasteiger partial charge is 0.420 e. The summed E-state index contributed by atoms with van der Waals surface area (Å²) in [4.78, 5) is 56.4. The van der Waals surface area contributed by atoms with E-state index in [0.717, 1.165) is 37.3 Å². The molecule has 2 atom stereocenters. The number of anilines is 3. The summed E-state index contributed by atoms with van der Waals surface area (Å²) < 4.78 is 10.9. The molecule has 4 aromatic rings. The fraction of sp³-hybridized carbons (Fsp3) is 0.273. The van der Waals surface area contributed by atoms with Gasteiger partial charge in [0.2, 0.25) is 5.95 Å². The van der Waals surface area contributed by atoms with Gasteiger partial charge in [-0.05, 0) is 55.9 Å². The zero-order chi connectivity index (χ0) is 33.1. The van der Waals surface area contributed by atoms with Gasteiger partial charge >= 0.3 is 11.9 Å². The van der Waals surface area contributed by atoms with Crippen molar-refractivity contribution in [2.24, 2.45) is 0 Å². The van der Waals surface area contributed by atoms with E-state index in [9.17, 15) is 24.6 Å². The van der Waals surface area contributed by atoms with Crippen LogP contribution in [0.15, 0.2) is 67.1 Å². The van der Waals surface area contributed by atoms with Crippen molar-refractivity contribution in [1.29, 1.82) is 0 Å². The molecule has 14 heteroatoms. The number of ether oxygens (including phenoxy) is 2. The lowest BCUT2D eigenvalue weighted by molar-refractivity contribution is -0.164. The van der Waals surface area contributed by atoms with Crippen molar-refractivity contribution in [2.75, 3.05) is 43.9 Å². The van der Waals surface area contributed by atoms with Gasteiger partial charge in [-0.25, -0.2) is 19.6 Å². The maximum Gasteiger partial charge on any atom is 0.343 e. The van der Waals surface area contributed by atoms with Crippen molar-refractivity contribution in [3.8, 4) is 22.8 Å². The molecule has 4 N–H and O–H groups in total. The number of hydrogen-bond donors (Lipinski definition) is 4. The van der Waals surface area contributed by atoms with Crippen molar-refractivity contribution in [3.05, 3.63) is 83.8 Å². The molecule has 6 rings (SSSR count). The number of piperazine rings is 1. The maximum absolute atomic E-state index is 13.7. The van der Waals surface area contributed by atoms with Crippen molar-refractivity contribution in [2.45, 2.75) is 25.7 Å². The number of rotatable bonds is 7. The Labute approximate surface area is 270 Å². The Kier molecular flexibility index (Phi) is 9.17. The minimum Gasteiger partial charge on any atom is -0.420 e. The van der Waals surface area contributed by atoms with Crippen LogP contribution in [0.25, 0.3) is 11.3 Å². The number of fused-ring (bicyclic) bond motifs is 1. The summed E-state index contributed by atoms with van der Waals surface area (Å²) in [5, 5.41) is 26.3. The standard InChI is InChI=1S/C33H33N7O7/c1-19-5-7-22(16-25(19)38-33-35-11-9-24(37-33)20-4-3-10-34-17-20)36-30(43)23-8-6-21(18-40-14-12-39(2)13-15-40)28-29(23)47-32(45)27(42)26(41)31(44)46-28/h3-11,16-17,26-27,41-42H,12-15,18H2,1-2H3,(H,36,43)(H,35,37,38). The Balaban J connectivity index is 1.28. The summed E-state index contributed by atoms with van der Waals surface area (Å²) in [7, 11) is 2.02. The highest BCUT2D eigenvalue weighted by atomic mass is 16.6.